The van der Waals surface area contributed by atoms with E-state index in [1.807, 2.05) is 13.0 Å². The minimum atomic E-state index is 0.642. The first kappa shape index (κ1) is 7.40. The maximum absolute atomic E-state index is 5.31. The van der Waals surface area contributed by atoms with Gasteiger partial charge in [-0.3, -0.25) is 0 Å². The average molecular weight is 165 g/mol. The van der Waals surface area contributed by atoms with Gasteiger partial charge in [0.05, 0.1) is 12.2 Å². The van der Waals surface area contributed by atoms with Gasteiger partial charge in [-0.1, -0.05) is 6.08 Å². The molecule has 0 fully saturated rings. The summed E-state index contributed by atoms with van der Waals surface area (Å²) >= 11 is 0. The molecule has 0 amide bonds. The van der Waals surface area contributed by atoms with Crippen molar-refractivity contribution in [3.8, 4) is 5.88 Å². The maximum atomic E-state index is 5.31. The van der Waals surface area contributed by atoms with Crippen molar-refractivity contribution >= 4 is 6.08 Å². The molecule has 1 heterocycles. The number of aromatic nitrogens is 1. The number of allylic oxidation sites excluding steroid dienone is 1. The molecule has 64 valence electrons. The third kappa shape index (κ3) is 1.11. The summed E-state index contributed by atoms with van der Waals surface area (Å²) in [6, 6.07) is 0. The summed E-state index contributed by atoms with van der Waals surface area (Å²) < 4.78 is 10.4. The smallest absolute Gasteiger partial charge is 0.257 e. The molecule has 0 spiro atoms. The second-order valence-electron chi connectivity index (χ2n) is 2.70. The van der Waals surface area contributed by atoms with Crippen LogP contribution in [-0.4, -0.2) is 11.8 Å². The molecule has 12 heavy (non-hydrogen) atoms. The summed E-state index contributed by atoms with van der Waals surface area (Å²) in [5, 5.41) is 3.84. The second kappa shape index (κ2) is 3.01. The molecular formula is C9H11NO2. The van der Waals surface area contributed by atoms with E-state index in [1.165, 1.54) is 0 Å². The van der Waals surface area contributed by atoms with Gasteiger partial charge < -0.3 is 9.26 Å². The zero-order valence-corrected chi connectivity index (χ0v) is 7.04. The Morgan fingerprint density at radius 3 is 3.42 bits per heavy atom. The van der Waals surface area contributed by atoms with Crippen molar-refractivity contribution in [1.82, 2.24) is 5.16 Å². The van der Waals surface area contributed by atoms with Crippen LogP contribution in [0.15, 0.2) is 10.6 Å². The van der Waals surface area contributed by atoms with Crippen molar-refractivity contribution in [1.29, 1.82) is 0 Å². The SMILES string of the molecule is CCOc1noc2c1CCC=C2. The van der Waals surface area contributed by atoms with E-state index in [9.17, 15) is 0 Å². The van der Waals surface area contributed by atoms with Crippen LogP contribution >= 0.6 is 0 Å². The van der Waals surface area contributed by atoms with Gasteiger partial charge in [0.15, 0.2) is 5.76 Å². The summed E-state index contributed by atoms with van der Waals surface area (Å²) in [4.78, 5) is 0. The minimum Gasteiger partial charge on any atom is -0.476 e. The fraction of sp³-hybridized carbons (Fsp3) is 0.444. The molecule has 0 aliphatic heterocycles. The van der Waals surface area contributed by atoms with Gasteiger partial charge in [-0.25, -0.2) is 0 Å². The summed E-state index contributed by atoms with van der Waals surface area (Å²) in [5.74, 6) is 1.52. The Morgan fingerprint density at radius 2 is 2.58 bits per heavy atom. The number of rotatable bonds is 2. The van der Waals surface area contributed by atoms with Crippen molar-refractivity contribution in [3.05, 3.63) is 17.4 Å². The molecule has 1 aliphatic carbocycles. The molecule has 2 rings (SSSR count). The highest BCUT2D eigenvalue weighted by molar-refractivity contribution is 5.53. The van der Waals surface area contributed by atoms with E-state index < -0.39 is 0 Å². The standard InChI is InChI=1S/C9H11NO2/c1-2-11-9-7-5-3-4-6-8(7)12-10-9/h4,6H,2-3,5H2,1H3. The summed E-state index contributed by atoms with van der Waals surface area (Å²) in [7, 11) is 0. The van der Waals surface area contributed by atoms with Crippen molar-refractivity contribution in [3.63, 3.8) is 0 Å². The highest BCUT2D eigenvalue weighted by Crippen LogP contribution is 2.27. The Bertz CT molecular complexity index is 301. The first-order valence-corrected chi connectivity index (χ1v) is 4.19. The van der Waals surface area contributed by atoms with Crippen molar-refractivity contribution in [2.75, 3.05) is 6.61 Å². The molecule has 3 heteroatoms. The number of ether oxygens (including phenoxy) is 1. The van der Waals surface area contributed by atoms with Crippen LogP contribution in [0.2, 0.25) is 0 Å². The first-order valence-electron chi connectivity index (χ1n) is 4.19. The Balaban J connectivity index is 2.33. The molecule has 1 aromatic rings. The normalized spacial score (nSPS) is 14.4. The van der Waals surface area contributed by atoms with Crippen LogP contribution in [0.25, 0.3) is 6.08 Å². The summed E-state index contributed by atoms with van der Waals surface area (Å²) in [5.41, 5.74) is 1.11. The van der Waals surface area contributed by atoms with Crippen LogP contribution in [0.5, 0.6) is 5.88 Å². The quantitative estimate of drug-likeness (QED) is 0.672. The Kier molecular flexibility index (Phi) is 1.86. The van der Waals surface area contributed by atoms with Crippen LogP contribution in [0, 0.1) is 0 Å². The van der Waals surface area contributed by atoms with Gasteiger partial charge in [-0.2, -0.15) is 0 Å². The van der Waals surface area contributed by atoms with Crippen LogP contribution in [-0.2, 0) is 6.42 Å². The predicted molar refractivity (Wildman–Crippen MR) is 45.0 cm³/mol. The van der Waals surface area contributed by atoms with Crippen molar-refractivity contribution in [2.24, 2.45) is 0 Å². The van der Waals surface area contributed by atoms with Gasteiger partial charge >= 0.3 is 0 Å². The molecule has 3 nitrogen and oxygen atoms in total. The van der Waals surface area contributed by atoms with Gasteiger partial charge in [0.25, 0.3) is 5.88 Å². The highest BCUT2D eigenvalue weighted by atomic mass is 16.5. The molecule has 0 saturated heterocycles. The zero-order valence-electron chi connectivity index (χ0n) is 7.04. The lowest BCUT2D eigenvalue weighted by molar-refractivity contribution is 0.293. The maximum Gasteiger partial charge on any atom is 0.257 e. The fourth-order valence-electron chi connectivity index (χ4n) is 1.34. The predicted octanol–water partition coefficient (Wildman–Crippen LogP) is 2.03. The van der Waals surface area contributed by atoms with Crippen molar-refractivity contribution in [2.45, 2.75) is 19.8 Å². The van der Waals surface area contributed by atoms with Crippen LogP contribution in [0.3, 0.4) is 0 Å². The molecule has 1 aromatic heterocycles. The van der Waals surface area contributed by atoms with Gasteiger partial charge in [0.2, 0.25) is 0 Å². The molecule has 0 bridgehead atoms. The van der Waals surface area contributed by atoms with Gasteiger partial charge in [-0.05, 0) is 31.0 Å². The first-order chi connectivity index (χ1) is 5.92. The summed E-state index contributed by atoms with van der Waals surface area (Å²) in [6.07, 6.45) is 6.07. The van der Waals surface area contributed by atoms with E-state index >= 15 is 0 Å². The lowest BCUT2D eigenvalue weighted by atomic mass is 10.1. The average Bonchev–Trinajstić information content (AvgIpc) is 2.50. The molecule has 0 unspecified atom stereocenters. The van der Waals surface area contributed by atoms with Crippen LogP contribution < -0.4 is 4.74 Å². The lowest BCUT2D eigenvalue weighted by Gasteiger charge is -2.03. The fourth-order valence-corrected chi connectivity index (χ4v) is 1.34. The largest absolute Gasteiger partial charge is 0.476 e. The third-order valence-corrected chi connectivity index (χ3v) is 1.89. The Morgan fingerprint density at radius 1 is 1.67 bits per heavy atom. The van der Waals surface area contributed by atoms with E-state index in [-0.39, 0.29) is 0 Å². The monoisotopic (exact) mass is 165 g/mol. The number of nitrogens with zero attached hydrogens (tertiary/aromatic N) is 1. The van der Waals surface area contributed by atoms with Crippen LogP contribution in [0.4, 0.5) is 0 Å². The molecule has 0 atom stereocenters. The molecular weight excluding hydrogens is 154 g/mol. The number of hydrogen-bond acceptors (Lipinski definition) is 3. The van der Waals surface area contributed by atoms with Gasteiger partial charge in [0.1, 0.15) is 0 Å². The number of fused-ring (bicyclic) bond motifs is 1. The molecule has 1 aliphatic rings. The lowest BCUT2D eigenvalue weighted by Crippen LogP contribution is -1.97. The summed E-state index contributed by atoms with van der Waals surface area (Å²) in [6.45, 7) is 2.59. The highest BCUT2D eigenvalue weighted by Gasteiger charge is 2.16. The van der Waals surface area contributed by atoms with Gasteiger partial charge in [0, 0.05) is 0 Å². The second-order valence-corrected chi connectivity index (χ2v) is 2.70. The van der Waals surface area contributed by atoms with Crippen molar-refractivity contribution < 1.29 is 9.26 Å². The number of hydrogen-bond donors (Lipinski definition) is 0. The molecule has 0 radical (unpaired) electrons. The Labute approximate surface area is 71.0 Å². The molecule has 0 N–H and O–H groups in total. The van der Waals surface area contributed by atoms with Gasteiger partial charge in [-0.15, -0.1) is 0 Å². The minimum absolute atomic E-state index is 0.642. The third-order valence-electron chi connectivity index (χ3n) is 1.89. The van der Waals surface area contributed by atoms with E-state index in [2.05, 4.69) is 11.2 Å². The van der Waals surface area contributed by atoms with E-state index in [4.69, 9.17) is 9.26 Å². The van der Waals surface area contributed by atoms with Crippen LogP contribution in [0.1, 0.15) is 24.7 Å². The zero-order chi connectivity index (χ0) is 8.39. The van der Waals surface area contributed by atoms with E-state index in [0.717, 1.165) is 24.2 Å². The topological polar surface area (TPSA) is 35.3 Å². The van der Waals surface area contributed by atoms with E-state index in [0.29, 0.717) is 12.5 Å². The molecule has 0 aromatic carbocycles. The Hall–Kier alpha value is -1.25. The molecule has 0 saturated carbocycles. The van der Waals surface area contributed by atoms with E-state index in [1.54, 1.807) is 0 Å².